The molecule has 29 heavy (non-hydrogen) atoms. The van der Waals surface area contributed by atoms with Crippen LogP contribution in [-0.2, 0) is 16.0 Å². The largest absolute Gasteiger partial charge is 0.497 e. The minimum Gasteiger partial charge on any atom is -0.497 e. The van der Waals surface area contributed by atoms with E-state index in [9.17, 15) is 9.59 Å². The predicted octanol–water partition coefficient (Wildman–Crippen LogP) is 3.53. The van der Waals surface area contributed by atoms with Crippen molar-refractivity contribution >= 4 is 17.5 Å². The van der Waals surface area contributed by atoms with E-state index >= 15 is 0 Å². The number of amides is 2. The van der Waals surface area contributed by atoms with E-state index in [0.717, 1.165) is 38.0 Å². The molecular formula is C24H28N2O3. The first kappa shape index (κ1) is 19.5. The molecule has 0 radical (unpaired) electrons. The van der Waals surface area contributed by atoms with Gasteiger partial charge in [-0.1, -0.05) is 36.4 Å². The average molecular weight is 392 g/mol. The lowest BCUT2D eigenvalue weighted by Gasteiger charge is -2.33. The van der Waals surface area contributed by atoms with Gasteiger partial charge in [-0.05, 0) is 42.9 Å². The highest BCUT2D eigenvalue weighted by Crippen LogP contribution is 2.30. The van der Waals surface area contributed by atoms with Crippen LogP contribution in [0.15, 0.2) is 54.6 Å². The van der Waals surface area contributed by atoms with Crippen LogP contribution in [0.4, 0.5) is 5.69 Å². The van der Waals surface area contributed by atoms with Gasteiger partial charge in [0.05, 0.1) is 13.0 Å². The molecule has 0 N–H and O–H groups in total. The molecule has 0 aromatic heterocycles. The van der Waals surface area contributed by atoms with E-state index < -0.39 is 0 Å². The molecule has 0 saturated carbocycles. The minimum atomic E-state index is -0.251. The maximum absolute atomic E-state index is 13.0. The van der Waals surface area contributed by atoms with Gasteiger partial charge in [0, 0.05) is 37.8 Å². The number of carbonyl (C=O) groups excluding carboxylic acids is 2. The van der Waals surface area contributed by atoms with Gasteiger partial charge in [0.15, 0.2) is 0 Å². The first-order chi connectivity index (χ1) is 14.1. The van der Waals surface area contributed by atoms with Crippen molar-refractivity contribution in [3.8, 4) is 5.75 Å². The molecule has 1 atom stereocenters. The summed E-state index contributed by atoms with van der Waals surface area (Å²) >= 11 is 0. The molecule has 2 fully saturated rings. The standard InChI is InChI=1S/C24H28N2O3/c1-29-22-9-5-8-21(16-22)26-17-20(15-23(26)27)24(28)25-12-10-19(11-13-25)14-18-6-3-2-4-7-18/h2-9,16,19-20H,10-15,17H2,1H3/t20-/m1/s1. The first-order valence-corrected chi connectivity index (χ1v) is 10.4. The van der Waals surface area contributed by atoms with Crippen molar-refractivity contribution in [1.82, 2.24) is 4.90 Å². The fraction of sp³-hybridized carbons (Fsp3) is 0.417. The van der Waals surface area contributed by atoms with Crippen molar-refractivity contribution in [2.24, 2.45) is 11.8 Å². The number of likely N-dealkylation sites (tertiary alicyclic amines) is 1. The third-order valence-corrected chi connectivity index (χ3v) is 6.13. The quantitative estimate of drug-likeness (QED) is 0.782. The second-order valence-electron chi connectivity index (χ2n) is 8.07. The van der Waals surface area contributed by atoms with Crippen molar-refractivity contribution in [3.05, 3.63) is 60.2 Å². The summed E-state index contributed by atoms with van der Waals surface area (Å²) in [7, 11) is 1.61. The Morgan fingerprint density at radius 2 is 1.83 bits per heavy atom. The van der Waals surface area contributed by atoms with Crippen LogP contribution in [0.2, 0.25) is 0 Å². The van der Waals surface area contributed by atoms with Gasteiger partial charge in [0.1, 0.15) is 5.75 Å². The number of hydrogen-bond donors (Lipinski definition) is 0. The van der Waals surface area contributed by atoms with Crippen LogP contribution >= 0.6 is 0 Å². The monoisotopic (exact) mass is 392 g/mol. The molecule has 2 heterocycles. The number of methoxy groups -OCH3 is 1. The van der Waals surface area contributed by atoms with Crippen molar-refractivity contribution in [1.29, 1.82) is 0 Å². The van der Waals surface area contributed by atoms with Gasteiger partial charge < -0.3 is 14.5 Å². The minimum absolute atomic E-state index is 0.00978. The van der Waals surface area contributed by atoms with Crippen LogP contribution in [-0.4, -0.2) is 43.5 Å². The Hall–Kier alpha value is -2.82. The van der Waals surface area contributed by atoms with Crippen molar-refractivity contribution in [2.75, 3.05) is 31.6 Å². The molecule has 0 bridgehead atoms. The highest BCUT2D eigenvalue weighted by atomic mass is 16.5. The molecule has 5 heteroatoms. The molecule has 152 valence electrons. The van der Waals surface area contributed by atoms with Gasteiger partial charge in [-0.3, -0.25) is 9.59 Å². The fourth-order valence-electron chi connectivity index (χ4n) is 4.46. The molecular weight excluding hydrogens is 364 g/mol. The van der Waals surface area contributed by atoms with E-state index in [4.69, 9.17) is 4.74 Å². The van der Waals surface area contributed by atoms with Crippen molar-refractivity contribution in [2.45, 2.75) is 25.7 Å². The summed E-state index contributed by atoms with van der Waals surface area (Å²) in [5.74, 6) is 1.22. The number of ether oxygens (including phenoxy) is 1. The third-order valence-electron chi connectivity index (χ3n) is 6.13. The van der Waals surface area contributed by atoms with Crippen LogP contribution in [0.1, 0.15) is 24.8 Å². The lowest BCUT2D eigenvalue weighted by Crippen LogP contribution is -2.42. The number of rotatable bonds is 5. The number of hydrogen-bond acceptors (Lipinski definition) is 3. The molecule has 0 spiro atoms. The molecule has 0 unspecified atom stereocenters. The van der Waals surface area contributed by atoms with Gasteiger partial charge in [0.2, 0.25) is 11.8 Å². The summed E-state index contributed by atoms with van der Waals surface area (Å²) in [5, 5.41) is 0. The summed E-state index contributed by atoms with van der Waals surface area (Å²) in [6.07, 6.45) is 3.43. The Morgan fingerprint density at radius 1 is 1.07 bits per heavy atom. The summed E-state index contributed by atoms with van der Waals surface area (Å²) < 4.78 is 5.26. The van der Waals surface area contributed by atoms with Gasteiger partial charge in [-0.2, -0.15) is 0 Å². The molecule has 4 rings (SSSR count). The molecule has 2 aromatic rings. The zero-order valence-corrected chi connectivity index (χ0v) is 16.9. The highest BCUT2D eigenvalue weighted by Gasteiger charge is 2.38. The van der Waals surface area contributed by atoms with Crippen LogP contribution in [0.3, 0.4) is 0 Å². The average Bonchev–Trinajstić information content (AvgIpc) is 3.16. The van der Waals surface area contributed by atoms with E-state index in [1.807, 2.05) is 35.2 Å². The van der Waals surface area contributed by atoms with Gasteiger partial charge in [-0.15, -0.1) is 0 Å². The molecule has 2 aliphatic rings. The number of nitrogens with zero attached hydrogens (tertiary/aromatic N) is 2. The lowest BCUT2D eigenvalue weighted by atomic mass is 9.89. The van der Waals surface area contributed by atoms with Crippen LogP contribution in [0.5, 0.6) is 5.75 Å². The summed E-state index contributed by atoms with van der Waals surface area (Å²) in [6.45, 7) is 2.04. The number of piperidine rings is 1. The second-order valence-corrected chi connectivity index (χ2v) is 8.07. The van der Waals surface area contributed by atoms with E-state index in [0.29, 0.717) is 24.6 Å². The summed E-state index contributed by atoms with van der Waals surface area (Å²) in [6, 6.07) is 18.0. The predicted molar refractivity (Wildman–Crippen MR) is 113 cm³/mol. The van der Waals surface area contributed by atoms with Crippen LogP contribution < -0.4 is 9.64 Å². The van der Waals surface area contributed by atoms with Crippen molar-refractivity contribution in [3.63, 3.8) is 0 Å². The Morgan fingerprint density at radius 3 is 2.55 bits per heavy atom. The smallest absolute Gasteiger partial charge is 0.228 e. The third kappa shape index (κ3) is 4.44. The molecule has 2 aromatic carbocycles. The molecule has 2 amide bonds. The zero-order chi connectivity index (χ0) is 20.2. The topological polar surface area (TPSA) is 49.9 Å². The number of benzene rings is 2. The second kappa shape index (κ2) is 8.68. The highest BCUT2D eigenvalue weighted by molar-refractivity contribution is 6.00. The number of anilines is 1. The normalized spacial score (nSPS) is 20.2. The van der Waals surface area contributed by atoms with E-state index in [1.165, 1.54) is 5.56 Å². The number of carbonyl (C=O) groups is 2. The van der Waals surface area contributed by atoms with Gasteiger partial charge in [0.25, 0.3) is 0 Å². The Kier molecular flexibility index (Phi) is 5.84. The molecule has 0 aliphatic carbocycles. The first-order valence-electron chi connectivity index (χ1n) is 10.4. The van der Waals surface area contributed by atoms with Gasteiger partial charge in [-0.25, -0.2) is 0 Å². The SMILES string of the molecule is COc1cccc(N2C[C@H](C(=O)N3CCC(Cc4ccccc4)CC3)CC2=O)c1. The maximum Gasteiger partial charge on any atom is 0.228 e. The zero-order valence-electron chi connectivity index (χ0n) is 16.9. The summed E-state index contributed by atoms with van der Waals surface area (Å²) in [5.41, 5.74) is 2.17. The van der Waals surface area contributed by atoms with Crippen molar-refractivity contribution < 1.29 is 14.3 Å². The van der Waals surface area contributed by atoms with Crippen LogP contribution in [0.25, 0.3) is 0 Å². The van der Waals surface area contributed by atoms with Crippen LogP contribution in [0, 0.1) is 11.8 Å². The summed E-state index contributed by atoms with van der Waals surface area (Å²) in [4.78, 5) is 29.3. The van der Waals surface area contributed by atoms with Gasteiger partial charge >= 0.3 is 0 Å². The van der Waals surface area contributed by atoms with E-state index in [-0.39, 0.29) is 17.7 Å². The fourth-order valence-corrected chi connectivity index (χ4v) is 4.46. The van der Waals surface area contributed by atoms with E-state index in [1.54, 1.807) is 12.0 Å². The van der Waals surface area contributed by atoms with E-state index in [2.05, 4.69) is 24.3 Å². The Bertz CT molecular complexity index is 859. The lowest BCUT2D eigenvalue weighted by molar-refractivity contribution is -0.137. The Balaban J connectivity index is 1.33. The molecule has 2 aliphatic heterocycles. The molecule has 2 saturated heterocycles. The molecule has 5 nitrogen and oxygen atoms in total. The maximum atomic E-state index is 13.0. The Labute approximate surface area is 172 Å².